The Balaban J connectivity index is 2.56. The summed E-state index contributed by atoms with van der Waals surface area (Å²) in [6.07, 6.45) is 0.744. The molecule has 2 N–H and O–H groups in total. The first kappa shape index (κ1) is 8.97. The van der Waals surface area contributed by atoms with Gasteiger partial charge in [0.05, 0.1) is 11.1 Å². The van der Waals surface area contributed by atoms with E-state index in [2.05, 4.69) is 15.9 Å². The Bertz CT molecular complexity index is 343. The Kier molecular flexibility index (Phi) is 2.26. The zero-order valence-corrected chi connectivity index (χ0v) is 8.47. The van der Waals surface area contributed by atoms with E-state index in [0.29, 0.717) is 16.8 Å². The molecule has 0 saturated heterocycles. The maximum absolute atomic E-state index is 13.4. The topological polar surface area (TPSA) is 35.2 Å². The van der Waals surface area contributed by atoms with E-state index in [0.717, 1.165) is 12.0 Å². The first-order valence-electron chi connectivity index (χ1n) is 4.06. The number of benzene rings is 1. The van der Waals surface area contributed by atoms with Gasteiger partial charge in [0.2, 0.25) is 0 Å². The molecule has 1 aromatic carbocycles. The number of rotatable bonds is 0. The SMILES string of the molecule is N[C@@H]1CCOc2c1ccc(Br)c2F. The van der Waals surface area contributed by atoms with Crippen LogP contribution in [-0.2, 0) is 0 Å². The standard InChI is InChI=1S/C9H9BrFNO/c10-6-2-1-5-7(12)3-4-13-9(5)8(6)11/h1-2,7H,3-4,12H2/t7-/m1/s1. The lowest BCUT2D eigenvalue weighted by Gasteiger charge is -2.23. The molecule has 13 heavy (non-hydrogen) atoms. The number of hydrogen-bond acceptors (Lipinski definition) is 2. The third-order valence-corrected chi connectivity index (χ3v) is 2.77. The Morgan fingerprint density at radius 3 is 3.08 bits per heavy atom. The van der Waals surface area contributed by atoms with Crippen LogP contribution in [0.5, 0.6) is 5.75 Å². The van der Waals surface area contributed by atoms with Crippen molar-refractivity contribution in [1.82, 2.24) is 0 Å². The van der Waals surface area contributed by atoms with Gasteiger partial charge in [0.15, 0.2) is 11.6 Å². The molecule has 1 heterocycles. The van der Waals surface area contributed by atoms with Crippen LogP contribution < -0.4 is 10.5 Å². The normalized spacial score (nSPS) is 20.7. The molecule has 2 nitrogen and oxygen atoms in total. The molecule has 0 fully saturated rings. The molecule has 1 atom stereocenters. The average Bonchev–Trinajstić information content (AvgIpc) is 2.12. The molecule has 70 valence electrons. The quantitative estimate of drug-likeness (QED) is 0.762. The number of nitrogens with two attached hydrogens (primary N) is 1. The molecule has 1 aliphatic rings. The minimum Gasteiger partial charge on any atom is -0.490 e. The van der Waals surface area contributed by atoms with Crippen molar-refractivity contribution >= 4 is 15.9 Å². The largest absolute Gasteiger partial charge is 0.490 e. The van der Waals surface area contributed by atoms with Crippen molar-refractivity contribution in [2.75, 3.05) is 6.61 Å². The molecule has 0 unspecified atom stereocenters. The van der Waals surface area contributed by atoms with Gasteiger partial charge in [-0.25, -0.2) is 4.39 Å². The summed E-state index contributed by atoms with van der Waals surface area (Å²) >= 11 is 3.10. The van der Waals surface area contributed by atoms with Gasteiger partial charge < -0.3 is 10.5 Å². The first-order chi connectivity index (χ1) is 6.20. The third-order valence-electron chi connectivity index (χ3n) is 2.16. The fourth-order valence-electron chi connectivity index (χ4n) is 1.43. The number of fused-ring (bicyclic) bond motifs is 1. The van der Waals surface area contributed by atoms with Crippen LogP contribution in [0.25, 0.3) is 0 Å². The van der Waals surface area contributed by atoms with Crippen LogP contribution in [0.4, 0.5) is 4.39 Å². The Hall–Kier alpha value is -0.610. The Morgan fingerprint density at radius 2 is 2.31 bits per heavy atom. The van der Waals surface area contributed by atoms with Crippen LogP contribution in [0, 0.1) is 5.82 Å². The van der Waals surface area contributed by atoms with Crippen molar-refractivity contribution in [1.29, 1.82) is 0 Å². The zero-order chi connectivity index (χ0) is 9.42. The predicted octanol–water partition coefficient (Wildman–Crippen LogP) is 2.37. The minimum absolute atomic E-state index is 0.105. The average molecular weight is 246 g/mol. The fraction of sp³-hybridized carbons (Fsp3) is 0.333. The molecule has 4 heteroatoms. The van der Waals surface area contributed by atoms with Gasteiger partial charge in [-0.05, 0) is 22.0 Å². The summed E-state index contributed by atoms with van der Waals surface area (Å²) in [7, 11) is 0. The van der Waals surface area contributed by atoms with E-state index in [4.69, 9.17) is 10.5 Å². The monoisotopic (exact) mass is 245 g/mol. The smallest absolute Gasteiger partial charge is 0.179 e. The molecule has 0 bridgehead atoms. The lowest BCUT2D eigenvalue weighted by Crippen LogP contribution is -2.21. The zero-order valence-electron chi connectivity index (χ0n) is 6.89. The third kappa shape index (κ3) is 1.44. The Labute approximate surface area is 84.0 Å². The lowest BCUT2D eigenvalue weighted by atomic mass is 10.0. The van der Waals surface area contributed by atoms with E-state index < -0.39 is 0 Å². The van der Waals surface area contributed by atoms with E-state index in [-0.39, 0.29) is 11.9 Å². The maximum Gasteiger partial charge on any atom is 0.179 e. The molecule has 1 aliphatic heterocycles. The summed E-state index contributed by atoms with van der Waals surface area (Å²) in [5.41, 5.74) is 6.56. The summed E-state index contributed by atoms with van der Waals surface area (Å²) in [4.78, 5) is 0. The maximum atomic E-state index is 13.4. The second-order valence-corrected chi connectivity index (χ2v) is 3.88. The highest BCUT2D eigenvalue weighted by molar-refractivity contribution is 9.10. The summed E-state index contributed by atoms with van der Waals surface area (Å²) in [5.74, 6) is -0.0548. The lowest BCUT2D eigenvalue weighted by molar-refractivity contribution is 0.255. The number of ether oxygens (including phenoxy) is 1. The molecule has 0 aliphatic carbocycles. The van der Waals surface area contributed by atoms with Gasteiger partial charge in [-0.3, -0.25) is 0 Å². The molecular weight excluding hydrogens is 237 g/mol. The van der Waals surface area contributed by atoms with Gasteiger partial charge in [0, 0.05) is 18.0 Å². The molecule has 2 rings (SSSR count). The second-order valence-electron chi connectivity index (χ2n) is 3.02. The summed E-state index contributed by atoms with van der Waals surface area (Å²) in [5, 5.41) is 0. The molecule has 0 amide bonds. The highest BCUT2D eigenvalue weighted by Gasteiger charge is 2.22. The van der Waals surface area contributed by atoms with Crippen LogP contribution >= 0.6 is 15.9 Å². The van der Waals surface area contributed by atoms with Crippen LogP contribution in [0.2, 0.25) is 0 Å². The van der Waals surface area contributed by atoms with E-state index in [9.17, 15) is 4.39 Å². The van der Waals surface area contributed by atoms with E-state index >= 15 is 0 Å². The van der Waals surface area contributed by atoms with E-state index in [1.807, 2.05) is 0 Å². The first-order valence-corrected chi connectivity index (χ1v) is 4.85. The highest BCUT2D eigenvalue weighted by atomic mass is 79.9. The van der Waals surface area contributed by atoms with Crippen LogP contribution in [-0.4, -0.2) is 6.61 Å². The van der Waals surface area contributed by atoms with Gasteiger partial charge in [-0.1, -0.05) is 6.07 Å². The van der Waals surface area contributed by atoms with Crippen LogP contribution in [0.3, 0.4) is 0 Å². The number of hydrogen-bond donors (Lipinski definition) is 1. The van der Waals surface area contributed by atoms with Gasteiger partial charge in [0.1, 0.15) is 0 Å². The van der Waals surface area contributed by atoms with Crippen LogP contribution in [0.15, 0.2) is 16.6 Å². The van der Waals surface area contributed by atoms with Gasteiger partial charge in [-0.15, -0.1) is 0 Å². The molecule has 0 radical (unpaired) electrons. The highest BCUT2D eigenvalue weighted by Crippen LogP contribution is 2.35. The summed E-state index contributed by atoms with van der Waals surface area (Å²) < 4.78 is 19.1. The van der Waals surface area contributed by atoms with Gasteiger partial charge in [-0.2, -0.15) is 0 Å². The second kappa shape index (κ2) is 3.27. The van der Waals surface area contributed by atoms with Crippen LogP contribution in [0.1, 0.15) is 18.0 Å². The summed E-state index contributed by atoms with van der Waals surface area (Å²) in [6.45, 7) is 0.488. The molecule has 0 aromatic heterocycles. The molecule has 1 aromatic rings. The minimum atomic E-state index is -0.354. The molecule has 0 spiro atoms. The molecule has 0 saturated carbocycles. The summed E-state index contributed by atoms with van der Waals surface area (Å²) in [6, 6.07) is 3.35. The van der Waals surface area contributed by atoms with Crippen molar-refractivity contribution in [3.05, 3.63) is 28.0 Å². The van der Waals surface area contributed by atoms with Gasteiger partial charge >= 0.3 is 0 Å². The molecular formula is C9H9BrFNO. The Morgan fingerprint density at radius 1 is 1.54 bits per heavy atom. The van der Waals surface area contributed by atoms with E-state index in [1.165, 1.54) is 0 Å². The van der Waals surface area contributed by atoms with Gasteiger partial charge in [0.25, 0.3) is 0 Å². The van der Waals surface area contributed by atoms with Crippen molar-refractivity contribution in [3.8, 4) is 5.75 Å². The fourth-order valence-corrected chi connectivity index (χ4v) is 1.74. The van der Waals surface area contributed by atoms with Crippen molar-refractivity contribution < 1.29 is 9.13 Å². The van der Waals surface area contributed by atoms with Crippen molar-refractivity contribution in [2.24, 2.45) is 5.73 Å². The van der Waals surface area contributed by atoms with Crippen molar-refractivity contribution in [2.45, 2.75) is 12.5 Å². The van der Waals surface area contributed by atoms with Crippen molar-refractivity contribution in [3.63, 3.8) is 0 Å². The predicted molar refractivity (Wildman–Crippen MR) is 51.1 cm³/mol. The van der Waals surface area contributed by atoms with E-state index in [1.54, 1.807) is 12.1 Å². The number of halogens is 2.